The summed E-state index contributed by atoms with van der Waals surface area (Å²) in [6.07, 6.45) is 0. The quantitative estimate of drug-likeness (QED) is 0.793. The van der Waals surface area contributed by atoms with Gasteiger partial charge in [-0.15, -0.1) is 0 Å². The maximum absolute atomic E-state index is 13.1. The number of hydrogen-bond donors (Lipinski definition) is 1. The van der Waals surface area contributed by atoms with Gasteiger partial charge >= 0.3 is 0 Å². The number of carbonyl (C=O) groups is 1. The highest BCUT2D eigenvalue weighted by molar-refractivity contribution is 6.10. The summed E-state index contributed by atoms with van der Waals surface area (Å²) in [6, 6.07) is 15.5. The van der Waals surface area contributed by atoms with E-state index in [-0.39, 0.29) is 11.9 Å². The van der Waals surface area contributed by atoms with Gasteiger partial charge in [-0.05, 0) is 32.0 Å². The number of ether oxygens (including phenoxy) is 1. The first-order valence-electron chi connectivity index (χ1n) is 8.20. The maximum atomic E-state index is 13.1. The zero-order valence-corrected chi connectivity index (χ0v) is 14.4. The van der Waals surface area contributed by atoms with Crippen molar-refractivity contribution in [2.45, 2.75) is 19.9 Å². The Kier molecular flexibility index (Phi) is 3.57. The third kappa shape index (κ3) is 2.31. The van der Waals surface area contributed by atoms with Crippen molar-refractivity contribution in [3.63, 3.8) is 0 Å². The van der Waals surface area contributed by atoms with E-state index < -0.39 is 0 Å². The van der Waals surface area contributed by atoms with Gasteiger partial charge in [-0.25, -0.2) is 0 Å². The van der Waals surface area contributed by atoms with Crippen molar-refractivity contribution in [1.82, 2.24) is 10.2 Å². The van der Waals surface area contributed by atoms with Crippen LogP contribution in [0.25, 0.3) is 0 Å². The Balaban J connectivity index is 1.94. The SMILES string of the molecule is COc1ccccc1[C@H]1c2c(n[nH]c2C)C(=O)N1c1ccc(C)cc1. The molecule has 1 aliphatic rings. The van der Waals surface area contributed by atoms with Gasteiger partial charge in [-0.3, -0.25) is 14.8 Å². The van der Waals surface area contributed by atoms with Gasteiger partial charge in [-0.2, -0.15) is 5.10 Å². The van der Waals surface area contributed by atoms with Crippen LogP contribution in [0.2, 0.25) is 0 Å². The normalized spacial score (nSPS) is 16.2. The van der Waals surface area contributed by atoms with Crippen LogP contribution < -0.4 is 9.64 Å². The molecule has 0 spiro atoms. The number of H-pyrrole nitrogens is 1. The summed E-state index contributed by atoms with van der Waals surface area (Å²) < 4.78 is 5.56. The molecule has 1 N–H and O–H groups in total. The molecule has 0 bridgehead atoms. The molecular weight excluding hydrogens is 314 g/mol. The second-order valence-electron chi connectivity index (χ2n) is 6.27. The molecular formula is C20H19N3O2. The summed E-state index contributed by atoms with van der Waals surface area (Å²) in [5, 5.41) is 7.19. The molecule has 5 heteroatoms. The van der Waals surface area contributed by atoms with Crippen LogP contribution in [-0.2, 0) is 0 Å². The predicted molar refractivity (Wildman–Crippen MR) is 96.2 cm³/mol. The first-order valence-corrected chi connectivity index (χ1v) is 8.20. The number of anilines is 1. The molecule has 2 aromatic carbocycles. The fourth-order valence-corrected chi connectivity index (χ4v) is 3.45. The minimum absolute atomic E-state index is 0.0980. The number of hydrogen-bond acceptors (Lipinski definition) is 3. The summed E-state index contributed by atoms with van der Waals surface area (Å²) >= 11 is 0. The number of amides is 1. The molecule has 0 saturated carbocycles. The van der Waals surface area contributed by atoms with Gasteiger partial charge in [0.2, 0.25) is 0 Å². The van der Waals surface area contributed by atoms with E-state index in [9.17, 15) is 4.79 Å². The van der Waals surface area contributed by atoms with E-state index in [4.69, 9.17) is 4.74 Å². The van der Waals surface area contributed by atoms with Crippen LogP contribution in [0.5, 0.6) is 5.75 Å². The van der Waals surface area contributed by atoms with E-state index in [1.807, 2.05) is 62.4 Å². The van der Waals surface area contributed by atoms with E-state index >= 15 is 0 Å². The molecule has 1 aromatic heterocycles. The Hall–Kier alpha value is -3.08. The second kappa shape index (κ2) is 5.77. The number of benzene rings is 2. The van der Waals surface area contributed by atoms with Gasteiger partial charge in [-0.1, -0.05) is 35.9 Å². The van der Waals surface area contributed by atoms with Gasteiger partial charge in [0.05, 0.1) is 13.2 Å². The van der Waals surface area contributed by atoms with Gasteiger partial charge < -0.3 is 4.74 Å². The van der Waals surface area contributed by atoms with E-state index in [1.165, 1.54) is 0 Å². The van der Waals surface area contributed by atoms with Crippen molar-refractivity contribution in [3.8, 4) is 5.75 Å². The number of aromatic amines is 1. The van der Waals surface area contributed by atoms with Crippen molar-refractivity contribution in [1.29, 1.82) is 0 Å². The lowest BCUT2D eigenvalue weighted by atomic mass is 9.98. The summed E-state index contributed by atoms with van der Waals surface area (Å²) in [4.78, 5) is 14.9. The first kappa shape index (κ1) is 15.4. The average molecular weight is 333 g/mol. The van der Waals surface area contributed by atoms with Crippen molar-refractivity contribution in [3.05, 3.63) is 76.6 Å². The molecule has 0 fully saturated rings. The van der Waals surface area contributed by atoms with Gasteiger partial charge in [0.15, 0.2) is 5.69 Å². The highest BCUT2D eigenvalue weighted by Crippen LogP contribution is 2.44. The van der Waals surface area contributed by atoms with Gasteiger partial charge in [0.1, 0.15) is 5.75 Å². The minimum Gasteiger partial charge on any atom is -0.496 e. The summed E-state index contributed by atoms with van der Waals surface area (Å²) in [6.45, 7) is 3.98. The van der Waals surface area contributed by atoms with E-state index in [0.717, 1.165) is 33.8 Å². The van der Waals surface area contributed by atoms with Crippen LogP contribution in [0.3, 0.4) is 0 Å². The largest absolute Gasteiger partial charge is 0.496 e. The minimum atomic E-state index is -0.264. The predicted octanol–water partition coefficient (Wildman–Crippen LogP) is 3.78. The number of methoxy groups -OCH3 is 1. The van der Waals surface area contributed by atoms with E-state index in [1.54, 1.807) is 12.0 Å². The number of para-hydroxylation sites is 1. The van der Waals surface area contributed by atoms with Crippen molar-refractivity contribution in [2.75, 3.05) is 12.0 Å². The molecule has 0 unspecified atom stereocenters. The number of rotatable bonds is 3. The lowest BCUT2D eigenvalue weighted by molar-refractivity contribution is 0.0988. The lowest BCUT2D eigenvalue weighted by Crippen LogP contribution is -2.29. The van der Waals surface area contributed by atoms with Crippen molar-refractivity contribution < 1.29 is 9.53 Å². The van der Waals surface area contributed by atoms with Crippen LogP contribution in [0.1, 0.15) is 38.9 Å². The van der Waals surface area contributed by atoms with Crippen LogP contribution in [0, 0.1) is 13.8 Å². The second-order valence-corrected chi connectivity index (χ2v) is 6.27. The molecule has 5 nitrogen and oxygen atoms in total. The summed E-state index contributed by atoms with van der Waals surface area (Å²) in [7, 11) is 1.65. The Morgan fingerprint density at radius 3 is 2.52 bits per heavy atom. The molecule has 126 valence electrons. The molecule has 0 aliphatic carbocycles. The van der Waals surface area contributed by atoms with Gasteiger partial charge in [0, 0.05) is 22.5 Å². The molecule has 25 heavy (non-hydrogen) atoms. The standard InChI is InChI=1S/C20H19N3O2/c1-12-8-10-14(11-9-12)23-19(15-6-4-5-7-16(15)25-3)17-13(2)21-22-18(17)20(23)24/h4-11,19H,1-3H3,(H,21,22)/t19-/m0/s1. The summed E-state index contributed by atoms with van der Waals surface area (Å²) in [5.41, 5.74) is 5.24. The highest BCUT2D eigenvalue weighted by atomic mass is 16.5. The number of aromatic nitrogens is 2. The molecule has 1 amide bonds. The maximum Gasteiger partial charge on any atom is 0.280 e. The lowest BCUT2D eigenvalue weighted by Gasteiger charge is -2.27. The molecule has 1 atom stereocenters. The molecule has 2 heterocycles. The Bertz CT molecular complexity index is 944. The molecule has 1 aliphatic heterocycles. The van der Waals surface area contributed by atoms with Crippen LogP contribution >= 0.6 is 0 Å². The third-order valence-corrected chi connectivity index (χ3v) is 4.69. The van der Waals surface area contributed by atoms with Crippen molar-refractivity contribution >= 4 is 11.6 Å². The van der Waals surface area contributed by atoms with E-state index in [2.05, 4.69) is 10.2 Å². The van der Waals surface area contributed by atoms with Crippen LogP contribution in [-0.4, -0.2) is 23.2 Å². The molecule has 4 rings (SSSR count). The third-order valence-electron chi connectivity index (χ3n) is 4.69. The summed E-state index contributed by atoms with van der Waals surface area (Å²) in [5.74, 6) is 0.657. The van der Waals surface area contributed by atoms with Gasteiger partial charge in [0.25, 0.3) is 5.91 Å². The first-order chi connectivity index (χ1) is 12.1. The molecule has 3 aromatic rings. The number of carbonyl (C=O) groups excluding carboxylic acids is 1. The zero-order valence-electron chi connectivity index (χ0n) is 14.4. The average Bonchev–Trinajstić information content (AvgIpc) is 3.14. The zero-order chi connectivity index (χ0) is 17.6. The Morgan fingerprint density at radius 1 is 1.08 bits per heavy atom. The van der Waals surface area contributed by atoms with Crippen LogP contribution in [0.4, 0.5) is 5.69 Å². The number of fused-ring (bicyclic) bond motifs is 1. The number of nitrogens with one attached hydrogen (secondary N) is 1. The number of aryl methyl sites for hydroxylation is 2. The number of nitrogens with zero attached hydrogens (tertiary/aromatic N) is 2. The smallest absolute Gasteiger partial charge is 0.280 e. The van der Waals surface area contributed by atoms with E-state index in [0.29, 0.717) is 5.69 Å². The van der Waals surface area contributed by atoms with Crippen LogP contribution in [0.15, 0.2) is 48.5 Å². The van der Waals surface area contributed by atoms with Crippen molar-refractivity contribution in [2.24, 2.45) is 0 Å². The molecule has 0 radical (unpaired) electrons. The Labute approximate surface area is 146 Å². The Morgan fingerprint density at radius 2 is 1.80 bits per heavy atom. The highest BCUT2D eigenvalue weighted by Gasteiger charge is 2.43. The topological polar surface area (TPSA) is 58.2 Å². The monoisotopic (exact) mass is 333 g/mol. The molecule has 0 saturated heterocycles. The fourth-order valence-electron chi connectivity index (χ4n) is 3.45. The fraction of sp³-hybridized carbons (Fsp3) is 0.200.